The Balaban J connectivity index is 2.03. The molecule has 1 fully saturated rings. The first-order chi connectivity index (χ1) is 7.27. The molecule has 1 saturated heterocycles. The van der Waals surface area contributed by atoms with Crippen molar-refractivity contribution < 1.29 is 4.79 Å². The number of amides is 1. The number of thioether (sulfide) groups is 1. The van der Waals surface area contributed by atoms with Crippen molar-refractivity contribution in [2.24, 2.45) is 7.05 Å². The highest BCUT2D eigenvalue weighted by atomic mass is 32.2. The Morgan fingerprint density at radius 1 is 1.53 bits per heavy atom. The minimum Gasteiger partial charge on any atom is -0.355 e. The number of aromatic nitrogens is 4. The van der Waals surface area contributed by atoms with Gasteiger partial charge in [0.2, 0.25) is 11.1 Å². The predicted octanol–water partition coefficient (Wildman–Crippen LogP) is -0.0291. The van der Waals surface area contributed by atoms with E-state index in [1.54, 1.807) is 11.7 Å². The van der Waals surface area contributed by atoms with Crippen LogP contribution in [0.25, 0.3) is 0 Å². The van der Waals surface area contributed by atoms with Gasteiger partial charge in [-0.2, -0.15) is 0 Å². The van der Waals surface area contributed by atoms with Crippen molar-refractivity contribution in [2.45, 2.75) is 29.7 Å². The van der Waals surface area contributed by atoms with Crippen molar-refractivity contribution in [3.63, 3.8) is 0 Å². The predicted molar refractivity (Wildman–Crippen MR) is 55.3 cm³/mol. The Kier molecular flexibility index (Phi) is 3.20. The maximum atomic E-state index is 11.6. The molecule has 1 amide bonds. The zero-order valence-corrected chi connectivity index (χ0v) is 9.33. The molecule has 6 nitrogen and oxygen atoms in total. The first-order valence-corrected chi connectivity index (χ1v) is 5.82. The highest BCUT2D eigenvalue weighted by Gasteiger charge is 2.23. The Hall–Kier alpha value is -1.11. The van der Waals surface area contributed by atoms with Crippen molar-refractivity contribution in [1.82, 2.24) is 25.5 Å². The van der Waals surface area contributed by atoms with Gasteiger partial charge in [0, 0.05) is 13.6 Å². The van der Waals surface area contributed by atoms with E-state index in [9.17, 15) is 4.79 Å². The van der Waals surface area contributed by atoms with E-state index in [2.05, 4.69) is 20.8 Å². The third-order valence-corrected chi connectivity index (χ3v) is 3.60. The molecule has 0 bridgehead atoms. The van der Waals surface area contributed by atoms with Crippen LogP contribution in [0, 0.1) is 0 Å². The van der Waals surface area contributed by atoms with Gasteiger partial charge in [0.05, 0.1) is 5.25 Å². The van der Waals surface area contributed by atoms with Gasteiger partial charge in [-0.05, 0) is 23.3 Å². The molecule has 2 heterocycles. The van der Waals surface area contributed by atoms with Gasteiger partial charge < -0.3 is 5.32 Å². The Labute approximate surface area is 91.8 Å². The number of carbonyl (C=O) groups is 1. The molecule has 0 radical (unpaired) electrons. The van der Waals surface area contributed by atoms with Gasteiger partial charge in [-0.15, -0.1) is 5.10 Å². The van der Waals surface area contributed by atoms with E-state index in [1.165, 1.54) is 11.8 Å². The normalized spacial score (nSPS) is 22.2. The first kappa shape index (κ1) is 10.4. The Bertz CT molecular complexity index is 353. The Morgan fingerprint density at radius 3 is 3.13 bits per heavy atom. The number of tetrazole rings is 1. The minimum absolute atomic E-state index is 0.0581. The molecule has 82 valence electrons. The standard InChI is InChI=1S/C8H13N5OS/c1-13-8(10-11-12-13)15-6-4-2-3-5-9-7(6)14/h6H,2-5H2,1H3,(H,9,14)/t6-/m0/s1. The number of rotatable bonds is 2. The monoisotopic (exact) mass is 227 g/mol. The maximum Gasteiger partial charge on any atom is 0.233 e. The molecular weight excluding hydrogens is 214 g/mol. The van der Waals surface area contributed by atoms with Crippen LogP contribution in [0.4, 0.5) is 0 Å². The fourth-order valence-corrected chi connectivity index (χ4v) is 2.47. The average molecular weight is 227 g/mol. The van der Waals surface area contributed by atoms with Crippen LogP contribution in [0.3, 0.4) is 0 Å². The average Bonchev–Trinajstić information content (AvgIpc) is 2.50. The van der Waals surface area contributed by atoms with Crippen molar-refractivity contribution in [1.29, 1.82) is 0 Å². The van der Waals surface area contributed by atoms with Gasteiger partial charge >= 0.3 is 0 Å². The molecule has 1 aliphatic heterocycles. The third-order valence-electron chi connectivity index (χ3n) is 2.31. The van der Waals surface area contributed by atoms with E-state index < -0.39 is 0 Å². The summed E-state index contributed by atoms with van der Waals surface area (Å²) in [5, 5.41) is 14.7. The van der Waals surface area contributed by atoms with E-state index >= 15 is 0 Å². The fraction of sp³-hybridized carbons (Fsp3) is 0.750. The number of hydrogen-bond acceptors (Lipinski definition) is 5. The molecule has 2 rings (SSSR count). The van der Waals surface area contributed by atoms with Gasteiger partial charge in [-0.25, -0.2) is 4.68 Å². The van der Waals surface area contributed by atoms with Gasteiger partial charge in [-0.3, -0.25) is 4.79 Å². The number of aryl methyl sites for hydroxylation is 1. The molecule has 1 N–H and O–H groups in total. The largest absolute Gasteiger partial charge is 0.355 e. The number of hydrogen-bond donors (Lipinski definition) is 1. The summed E-state index contributed by atoms with van der Waals surface area (Å²) in [6, 6.07) is 0. The van der Waals surface area contributed by atoms with E-state index in [0.717, 1.165) is 25.8 Å². The van der Waals surface area contributed by atoms with Crippen LogP contribution in [0.1, 0.15) is 19.3 Å². The summed E-state index contributed by atoms with van der Waals surface area (Å²) in [5.41, 5.74) is 0. The molecular formula is C8H13N5OS. The van der Waals surface area contributed by atoms with Crippen LogP contribution in [0.15, 0.2) is 5.16 Å². The molecule has 0 aliphatic carbocycles. The summed E-state index contributed by atoms with van der Waals surface area (Å²) in [5.74, 6) is 0.0977. The lowest BCUT2D eigenvalue weighted by molar-refractivity contribution is -0.120. The fourth-order valence-electron chi connectivity index (χ4n) is 1.47. The van der Waals surface area contributed by atoms with Crippen molar-refractivity contribution in [3.05, 3.63) is 0 Å². The van der Waals surface area contributed by atoms with Crippen LogP contribution < -0.4 is 5.32 Å². The lowest BCUT2D eigenvalue weighted by Crippen LogP contribution is -2.30. The minimum atomic E-state index is -0.0581. The summed E-state index contributed by atoms with van der Waals surface area (Å²) in [7, 11) is 1.77. The van der Waals surface area contributed by atoms with Gasteiger partial charge in [-0.1, -0.05) is 18.2 Å². The lowest BCUT2D eigenvalue weighted by Gasteiger charge is -2.10. The van der Waals surface area contributed by atoms with Crippen LogP contribution in [0.2, 0.25) is 0 Å². The first-order valence-electron chi connectivity index (χ1n) is 4.94. The SMILES string of the molecule is Cn1nnnc1S[C@H]1CCCCNC1=O. The zero-order valence-electron chi connectivity index (χ0n) is 8.51. The molecule has 0 unspecified atom stereocenters. The number of nitrogens with zero attached hydrogens (tertiary/aromatic N) is 4. The summed E-state index contributed by atoms with van der Waals surface area (Å²) in [6.45, 7) is 0.785. The van der Waals surface area contributed by atoms with Crippen LogP contribution in [-0.2, 0) is 11.8 Å². The maximum absolute atomic E-state index is 11.6. The summed E-state index contributed by atoms with van der Waals surface area (Å²) >= 11 is 1.43. The summed E-state index contributed by atoms with van der Waals surface area (Å²) < 4.78 is 1.59. The quantitative estimate of drug-likeness (QED) is 0.768. The second-order valence-corrected chi connectivity index (χ2v) is 4.65. The van der Waals surface area contributed by atoms with Gasteiger partial charge in [0.1, 0.15) is 0 Å². The molecule has 1 aromatic rings. The van der Waals surface area contributed by atoms with Crippen molar-refractivity contribution >= 4 is 17.7 Å². The zero-order chi connectivity index (χ0) is 10.7. The summed E-state index contributed by atoms with van der Waals surface area (Å²) in [4.78, 5) is 11.6. The molecule has 7 heteroatoms. The molecule has 1 aliphatic rings. The van der Waals surface area contributed by atoms with Crippen molar-refractivity contribution in [3.8, 4) is 0 Å². The molecule has 15 heavy (non-hydrogen) atoms. The summed E-state index contributed by atoms with van der Waals surface area (Å²) in [6.07, 6.45) is 3.02. The molecule has 0 spiro atoms. The molecule has 1 aromatic heterocycles. The second kappa shape index (κ2) is 4.61. The van der Waals surface area contributed by atoms with Crippen LogP contribution in [-0.4, -0.2) is 37.9 Å². The van der Waals surface area contributed by atoms with E-state index in [1.807, 2.05) is 0 Å². The van der Waals surface area contributed by atoms with Gasteiger partial charge in [0.25, 0.3) is 0 Å². The smallest absolute Gasteiger partial charge is 0.233 e. The third kappa shape index (κ3) is 2.47. The number of nitrogens with one attached hydrogen (secondary N) is 1. The molecule has 0 saturated carbocycles. The molecule has 1 atom stereocenters. The highest BCUT2D eigenvalue weighted by molar-refractivity contribution is 8.00. The van der Waals surface area contributed by atoms with Gasteiger partial charge in [0.15, 0.2) is 0 Å². The topological polar surface area (TPSA) is 72.7 Å². The lowest BCUT2D eigenvalue weighted by atomic mass is 10.2. The molecule has 0 aromatic carbocycles. The Morgan fingerprint density at radius 2 is 2.40 bits per heavy atom. The highest BCUT2D eigenvalue weighted by Crippen LogP contribution is 2.25. The van der Waals surface area contributed by atoms with E-state index in [4.69, 9.17) is 0 Å². The van der Waals surface area contributed by atoms with E-state index in [0.29, 0.717) is 5.16 Å². The van der Waals surface area contributed by atoms with E-state index in [-0.39, 0.29) is 11.2 Å². The second-order valence-electron chi connectivity index (χ2n) is 3.48. The number of carbonyl (C=O) groups excluding carboxylic acids is 1. The van der Waals surface area contributed by atoms with Crippen LogP contribution in [0.5, 0.6) is 0 Å². The van der Waals surface area contributed by atoms with Crippen molar-refractivity contribution in [2.75, 3.05) is 6.54 Å². The van der Waals surface area contributed by atoms with Crippen LogP contribution >= 0.6 is 11.8 Å².